The summed E-state index contributed by atoms with van der Waals surface area (Å²) in [4.78, 5) is 14.8. The molecule has 0 aromatic heterocycles. The molecular formula is C21H28N4O4S. The Balaban J connectivity index is 1.51. The molecule has 1 saturated heterocycles. The first-order chi connectivity index (χ1) is 14.2. The van der Waals surface area contributed by atoms with E-state index in [2.05, 4.69) is 6.58 Å². The van der Waals surface area contributed by atoms with Gasteiger partial charge in [0.05, 0.1) is 10.6 Å². The lowest BCUT2D eigenvalue weighted by atomic mass is 10.0. The fourth-order valence-corrected chi connectivity index (χ4v) is 4.85. The quantitative estimate of drug-likeness (QED) is 0.391. The Kier molecular flexibility index (Phi) is 6.89. The Morgan fingerprint density at radius 3 is 2.50 bits per heavy atom. The van der Waals surface area contributed by atoms with Gasteiger partial charge in [-0.15, -0.1) is 0 Å². The number of hydrazine groups is 1. The van der Waals surface area contributed by atoms with Gasteiger partial charge in [-0.3, -0.25) is 4.79 Å². The maximum absolute atomic E-state index is 12.8. The van der Waals surface area contributed by atoms with Crippen LogP contribution in [0.5, 0.6) is 0 Å². The van der Waals surface area contributed by atoms with Gasteiger partial charge in [0.25, 0.3) is 0 Å². The highest BCUT2D eigenvalue weighted by Gasteiger charge is 2.29. The lowest BCUT2D eigenvalue weighted by Gasteiger charge is -2.34. The number of carbonyl (C=O) groups excluding carboxylic acids is 1. The molecule has 1 aliphatic heterocycles. The van der Waals surface area contributed by atoms with Crippen molar-refractivity contribution < 1.29 is 18.3 Å². The van der Waals surface area contributed by atoms with Crippen LogP contribution in [-0.2, 0) is 14.8 Å². The molecule has 1 aromatic rings. The summed E-state index contributed by atoms with van der Waals surface area (Å²) < 4.78 is 27.0. The van der Waals surface area contributed by atoms with E-state index >= 15 is 0 Å². The molecule has 1 aliphatic carbocycles. The zero-order valence-electron chi connectivity index (χ0n) is 17.1. The van der Waals surface area contributed by atoms with E-state index in [4.69, 9.17) is 5.84 Å². The highest BCUT2D eigenvalue weighted by atomic mass is 32.2. The van der Waals surface area contributed by atoms with Crippen LogP contribution in [0.25, 0.3) is 0 Å². The molecular weight excluding hydrogens is 404 g/mol. The first kappa shape index (κ1) is 22.4. The topological polar surface area (TPSA) is 107 Å². The first-order valence-corrected chi connectivity index (χ1v) is 11.3. The van der Waals surface area contributed by atoms with Crippen LogP contribution in [0.15, 0.2) is 65.2 Å². The molecule has 9 heteroatoms. The van der Waals surface area contributed by atoms with Crippen LogP contribution < -0.4 is 5.84 Å². The molecule has 0 radical (unpaired) electrons. The molecule has 1 amide bonds. The highest BCUT2D eigenvalue weighted by molar-refractivity contribution is 7.89. The fourth-order valence-electron chi connectivity index (χ4n) is 3.43. The van der Waals surface area contributed by atoms with Gasteiger partial charge in [0.1, 0.15) is 6.10 Å². The second-order valence-electron chi connectivity index (χ2n) is 7.50. The standard InChI is InChI=1S/C21H28N4O4S/c1-16-6-8-18(9-7-16)30(28,29)24-14-12-23(13-15-24)11-10-20(26)25(22)19-5-3-4-17(2)21(19)27/h3-9,21,27H,2,10-15,22H2,1H3. The van der Waals surface area contributed by atoms with E-state index in [1.165, 1.54) is 4.31 Å². The molecule has 1 fully saturated rings. The minimum Gasteiger partial charge on any atom is -0.382 e. The van der Waals surface area contributed by atoms with Gasteiger partial charge in [0.2, 0.25) is 15.9 Å². The minimum atomic E-state index is -3.51. The Bertz CT molecular complexity index is 961. The van der Waals surface area contributed by atoms with Crippen molar-refractivity contribution in [1.82, 2.24) is 14.2 Å². The summed E-state index contributed by atoms with van der Waals surface area (Å²) in [7, 11) is -3.51. The van der Waals surface area contributed by atoms with E-state index in [1.54, 1.807) is 42.5 Å². The summed E-state index contributed by atoms with van der Waals surface area (Å²) in [5.74, 6) is 5.57. The Hall–Kier alpha value is -2.30. The summed E-state index contributed by atoms with van der Waals surface area (Å²) in [6, 6.07) is 6.84. The maximum atomic E-state index is 12.8. The number of sulfonamides is 1. The van der Waals surface area contributed by atoms with E-state index in [-0.39, 0.29) is 12.3 Å². The molecule has 30 heavy (non-hydrogen) atoms. The SMILES string of the molecule is C=C1C=CC=C(N(N)C(=O)CCN2CCN(S(=O)(=O)c3ccc(C)cc3)CC2)C1O. The van der Waals surface area contributed by atoms with Crippen LogP contribution in [0.1, 0.15) is 12.0 Å². The Morgan fingerprint density at radius 2 is 1.87 bits per heavy atom. The van der Waals surface area contributed by atoms with Gasteiger partial charge >= 0.3 is 0 Å². The van der Waals surface area contributed by atoms with Crippen LogP contribution in [0.2, 0.25) is 0 Å². The predicted molar refractivity (Wildman–Crippen MR) is 114 cm³/mol. The number of carbonyl (C=O) groups is 1. The number of hydrogen-bond donors (Lipinski definition) is 2. The number of amides is 1. The van der Waals surface area contributed by atoms with Crippen molar-refractivity contribution in [2.24, 2.45) is 5.84 Å². The fraction of sp³-hybridized carbons (Fsp3) is 0.381. The number of rotatable bonds is 6. The normalized spacial score (nSPS) is 20.8. The molecule has 0 bridgehead atoms. The van der Waals surface area contributed by atoms with Crippen molar-refractivity contribution in [2.75, 3.05) is 32.7 Å². The van der Waals surface area contributed by atoms with Gasteiger partial charge in [-0.25, -0.2) is 19.3 Å². The van der Waals surface area contributed by atoms with E-state index < -0.39 is 16.1 Å². The zero-order chi connectivity index (χ0) is 21.9. The monoisotopic (exact) mass is 432 g/mol. The van der Waals surface area contributed by atoms with Crippen LogP contribution >= 0.6 is 0 Å². The van der Waals surface area contributed by atoms with Gasteiger partial charge in [-0.05, 0) is 30.7 Å². The number of aliphatic hydroxyl groups is 1. The average Bonchev–Trinajstić information content (AvgIpc) is 2.74. The Labute approximate surface area is 177 Å². The minimum absolute atomic E-state index is 0.168. The van der Waals surface area contributed by atoms with E-state index in [1.807, 2.05) is 11.8 Å². The highest BCUT2D eigenvalue weighted by Crippen LogP contribution is 2.20. The molecule has 8 nitrogen and oxygen atoms in total. The van der Waals surface area contributed by atoms with E-state index in [9.17, 15) is 18.3 Å². The van der Waals surface area contributed by atoms with Crippen molar-refractivity contribution in [3.63, 3.8) is 0 Å². The molecule has 2 aliphatic rings. The predicted octanol–water partition coefficient (Wildman–Crippen LogP) is 0.765. The average molecular weight is 433 g/mol. The number of nitrogens with two attached hydrogens (primary N) is 1. The molecule has 1 atom stereocenters. The molecule has 1 aromatic carbocycles. The molecule has 0 saturated carbocycles. The molecule has 1 unspecified atom stereocenters. The summed E-state index contributed by atoms with van der Waals surface area (Å²) in [5, 5.41) is 11.1. The van der Waals surface area contributed by atoms with Crippen molar-refractivity contribution >= 4 is 15.9 Å². The molecule has 162 valence electrons. The van der Waals surface area contributed by atoms with Crippen LogP contribution in [0, 0.1) is 6.92 Å². The van der Waals surface area contributed by atoms with E-state index in [0.29, 0.717) is 48.9 Å². The number of aryl methyl sites for hydroxylation is 1. The lowest BCUT2D eigenvalue weighted by Crippen LogP contribution is -2.49. The summed E-state index contributed by atoms with van der Waals surface area (Å²) in [6.07, 6.45) is 4.11. The molecule has 3 rings (SSSR count). The molecule has 1 heterocycles. The zero-order valence-corrected chi connectivity index (χ0v) is 17.9. The first-order valence-electron chi connectivity index (χ1n) is 9.82. The third-order valence-corrected chi connectivity index (χ3v) is 7.30. The van der Waals surface area contributed by atoms with Crippen molar-refractivity contribution in [3.8, 4) is 0 Å². The molecule has 3 N–H and O–H groups in total. The summed E-state index contributed by atoms with van der Waals surface area (Å²) >= 11 is 0. The second kappa shape index (κ2) is 9.23. The number of nitrogens with zero attached hydrogens (tertiary/aromatic N) is 3. The van der Waals surface area contributed by atoms with Crippen molar-refractivity contribution in [2.45, 2.75) is 24.3 Å². The summed E-state index contributed by atoms with van der Waals surface area (Å²) in [6.45, 7) is 7.91. The number of aliphatic hydroxyl groups excluding tert-OH is 1. The van der Waals surface area contributed by atoms with Gasteiger partial charge in [-0.2, -0.15) is 4.31 Å². The third-order valence-electron chi connectivity index (χ3n) is 5.39. The number of benzene rings is 1. The van der Waals surface area contributed by atoms with E-state index in [0.717, 1.165) is 10.6 Å². The van der Waals surface area contributed by atoms with Crippen LogP contribution in [0.3, 0.4) is 0 Å². The van der Waals surface area contributed by atoms with Gasteiger partial charge < -0.3 is 10.0 Å². The van der Waals surface area contributed by atoms with Gasteiger partial charge in [0.15, 0.2) is 0 Å². The number of piperazine rings is 1. The largest absolute Gasteiger partial charge is 0.382 e. The Morgan fingerprint density at radius 1 is 1.23 bits per heavy atom. The van der Waals surface area contributed by atoms with Gasteiger partial charge in [0, 0.05) is 39.1 Å². The smallest absolute Gasteiger partial charge is 0.243 e. The third kappa shape index (κ3) is 4.88. The summed E-state index contributed by atoms with van der Waals surface area (Å²) in [5.41, 5.74) is 1.78. The lowest BCUT2D eigenvalue weighted by molar-refractivity contribution is -0.130. The second-order valence-corrected chi connectivity index (χ2v) is 9.44. The number of allylic oxidation sites excluding steroid dienone is 2. The van der Waals surface area contributed by atoms with Crippen molar-refractivity contribution in [1.29, 1.82) is 0 Å². The van der Waals surface area contributed by atoms with Gasteiger partial charge in [-0.1, -0.05) is 36.4 Å². The molecule has 0 spiro atoms. The van der Waals surface area contributed by atoms with Crippen LogP contribution in [-0.4, -0.2) is 72.5 Å². The number of hydrogen-bond acceptors (Lipinski definition) is 6. The van der Waals surface area contributed by atoms with Crippen molar-refractivity contribution in [3.05, 3.63) is 65.9 Å². The van der Waals surface area contributed by atoms with Crippen LogP contribution in [0.4, 0.5) is 0 Å². The maximum Gasteiger partial charge on any atom is 0.243 e.